The van der Waals surface area contributed by atoms with Crippen molar-refractivity contribution in [1.82, 2.24) is 25.0 Å². The Morgan fingerprint density at radius 2 is 2.03 bits per heavy atom. The van der Waals surface area contributed by atoms with Gasteiger partial charge in [0.25, 0.3) is 5.56 Å². The molecule has 9 nitrogen and oxygen atoms in total. The van der Waals surface area contributed by atoms with Crippen LogP contribution in [0.25, 0.3) is 10.9 Å². The number of rotatable bonds is 5. The van der Waals surface area contributed by atoms with E-state index in [1.807, 2.05) is 43.8 Å². The van der Waals surface area contributed by atoms with Crippen LogP contribution in [0.4, 0.5) is 5.95 Å². The van der Waals surface area contributed by atoms with Crippen LogP contribution < -0.4 is 10.5 Å². The topological polar surface area (TPSA) is 108 Å². The average molecular weight is 425 g/mol. The van der Waals surface area contributed by atoms with E-state index in [1.54, 1.807) is 6.20 Å². The van der Waals surface area contributed by atoms with E-state index in [0.717, 1.165) is 35.6 Å². The number of anilines is 1. The lowest BCUT2D eigenvalue weighted by Gasteiger charge is -2.32. The van der Waals surface area contributed by atoms with Gasteiger partial charge in [-0.3, -0.25) is 9.59 Å². The summed E-state index contributed by atoms with van der Waals surface area (Å²) in [4.78, 5) is 40.7. The zero-order valence-electron chi connectivity index (χ0n) is 18.4. The maximum Gasteiger partial charge on any atom is 0.259 e. The van der Waals surface area contributed by atoms with Gasteiger partial charge >= 0.3 is 0 Å². The number of pyridine rings is 1. The molecule has 0 atom stereocenters. The van der Waals surface area contributed by atoms with Gasteiger partial charge in [0.05, 0.1) is 16.6 Å². The first-order valence-electron chi connectivity index (χ1n) is 10.6. The minimum atomic E-state index is -0.171. The summed E-state index contributed by atoms with van der Waals surface area (Å²) in [5.41, 5.74) is 3.23. The number of hydrogen-bond acceptors (Lipinski definition) is 7. The van der Waals surface area contributed by atoms with Crippen molar-refractivity contribution in [3.05, 3.63) is 45.3 Å². The summed E-state index contributed by atoms with van der Waals surface area (Å²) >= 11 is 0. The first-order chi connectivity index (χ1) is 14.8. The molecule has 0 unspecified atom stereocenters. The highest BCUT2D eigenvalue weighted by atomic mass is 16.5. The lowest BCUT2D eigenvalue weighted by atomic mass is 9.92. The third kappa shape index (κ3) is 4.30. The number of H-pyrrole nitrogens is 1. The van der Waals surface area contributed by atoms with Crippen LogP contribution in [-0.4, -0.2) is 58.1 Å². The Balaban J connectivity index is 1.41. The van der Waals surface area contributed by atoms with Crippen molar-refractivity contribution < 1.29 is 9.32 Å². The van der Waals surface area contributed by atoms with E-state index < -0.39 is 0 Å². The quantitative estimate of drug-likeness (QED) is 0.670. The summed E-state index contributed by atoms with van der Waals surface area (Å²) in [5.74, 6) is 1.70. The van der Waals surface area contributed by atoms with Crippen molar-refractivity contribution >= 4 is 22.8 Å². The van der Waals surface area contributed by atoms with Crippen molar-refractivity contribution in [1.29, 1.82) is 0 Å². The number of carbonyl (C=O) groups excluding carboxylic acids is 1. The van der Waals surface area contributed by atoms with Crippen LogP contribution in [0.3, 0.4) is 0 Å². The number of hydrogen-bond donors (Lipinski definition) is 1. The zero-order chi connectivity index (χ0) is 22.1. The van der Waals surface area contributed by atoms with Gasteiger partial charge in [-0.25, -0.2) is 9.97 Å². The van der Waals surface area contributed by atoms with Gasteiger partial charge in [-0.05, 0) is 39.2 Å². The van der Waals surface area contributed by atoms with Gasteiger partial charge in [0.1, 0.15) is 5.76 Å². The standard InChI is InChI=1S/C22H28N6O3/c1-13-16(14(2)31-26-13)5-6-20(29)28-9-7-15(8-10-28)18-11-19-17(21(30)24-18)12-23-22(25-19)27(3)4/h11-12,15H,5-10H2,1-4H3,(H,24,30). The van der Waals surface area contributed by atoms with Crippen LogP contribution in [0.15, 0.2) is 21.6 Å². The fraction of sp³-hybridized carbons (Fsp3) is 0.500. The molecular weight excluding hydrogens is 396 g/mol. The number of fused-ring (bicyclic) bond motifs is 1. The zero-order valence-corrected chi connectivity index (χ0v) is 18.4. The monoisotopic (exact) mass is 424 g/mol. The summed E-state index contributed by atoms with van der Waals surface area (Å²) in [6.07, 6.45) is 4.28. The SMILES string of the molecule is Cc1noc(C)c1CCC(=O)N1CCC(c2cc3nc(N(C)C)ncc3c(=O)[nH]2)CC1. The second kappa shape index (κ2) is 8.49. The smallest absolute Gasteiger partial charge is 0.259 e. The molecule has 164 valence electrons. The highest BCUT2D eigenvalue weighted by Crippen LogP contribution is 2.28. The van der Waals surface area contributed by atoms with Crippen molar-refractivity contribution in [3.8, 4) is 0 Å². The van der Waals surface area contributed by atoms with Crippen LogP contribution in [0, 0.1) is 13.8 Å². The van der Waals surface area contributed by atoms with E-state index in [0.29, 0.717) is 42.8 Å². The first kappa shape index (κ1) is 21.0. The number of nitrogens with zero attached hydrogens (tertiary/aromatic N) is 5. The molecule has 31 heavy (non-hydrogen) atoms. The molecule has 0 aliphatic carbocycles. The molecule has 4 heterocycles. The van der Waals surface area contributed by atoms with E-state index in [4.69, 9.17) is 4.52 Å². The summed E-state index contributed by atoms with van der Waals surface area (Å²) in [6.45, 7) is 5.14. The molecule has 0 bridgehead atoms. The number of aryl methyl sites for hydroxylation is 2. The van der Waals surface area contributed by atoms with E-state index in [1.165, 1.54) is 0 Å². The fourth-order valence-corrected chi connectivity index (χ4v) is 4.18. The first-order valence-corrected chi connectivity index (χ1v) is 10.6. The number of aromatic amines is 1. The summed E-state index contributed by atoms with van der Waals surface area (Å²) < 4.78 is 5.18. The minimum absolute atomic E-state index is 0.147. The molecule has 0 spiro atoms. The Labute approximate surface area is 180 Å². The van der Waals surface area contributed by atoms with Gasteiger partial charge in [-0.1, -0.05) is 5.16 Å². The molecule has 1 aliphatic heterocycles. The number of piperidine rings is 1. The predicted molar refractivity (Wildman–Crippen MR) is 117 cm³/mol. The van der Waals surface area contributed by atoms with Crippen molar-refractivity contribution in [3.63, 3.8) is 0 Å². The molecule has 1 aliphatic rings. The van der Waals surface area contributed by atoms with Gasteiger partial charge in [0, 0.05) is 57.0 Å². The molecule has 3 aromatic rings. The van der Waals surface area contributed by atoms with Crippen LogP contribution in [0.1, 0.15) is 47.9 Å². The maximum absolute atomic E-state index is 12.7. The largest absolute Gasteiger partial charge is 0.361 e. The van der Waals surface area contributed by atoms with Crippen LogP contribution in [0.5, 0.6) is 0 Å². The van der Waals surface area contributed by atoms with Gasteiger partial charge in [0.2, 0.25) is 11.9 Å². The Morgan fingerprint density at radius 3 is 2.68 bits per heavy atom. The average Bonchev–Trinajstić information content (AvgIpc) is 3.08. The summed E-state index contributed by atoms with van der Waals surface area (Å²) in [5, 5.41) is 4.44. The van der Waals surface area contributed by atoms with Gasteiger partial charge < -0.3 is 19.3 Å². The maximum atomic E-state index is 12.7. The third-order valence-electron chi connectivity index (χ3n) is 6.06. The molecule has 0 aromatic carbocycles. The minimum Gasteiger partial charge on any atom is -0.361 e. The normalized spacial score (nSPS) is 14.9. The second-order valence-corrected chi connectivity index (χ2v) is 8.37. The summed E-state index contributed by atoms with van der Waals surface area (Å²) in [7, 11) is 3.74. The molecule has 1 N–H and O–H groups in total. The third-order valence-corrected chi connectivity index (χ3v) is 6.06. The van der Waals surface area contributed by atoms with E-state index >= 15 is 0 Å². The van der Waals surface area contributed by atoms with E-state index in [2.05, 4.69) is 20.1 Å². The van der Waals surface area contributed by atoms with E-state index in [9.17, 15) is 9.59 Å². The number of aromatic nitrogens is 4. The van der Waals surface area contributed by atoms with Gasteiger partial charge in [-0.2, -0.15) is 0 Å². The lowest BCUT2D eigenvalue weighted by molar-refractivity contribution is -0.132. The molecule has 4 rings (SSSR count). The molecule has 1 amide bonds. The molecule has 1 fully saturated rings. The molecule has 0 saturated carbocycles. The fourth-order valence-electron chi connectivity index (χ4n) is 4.18. The lowest BCUT2D eigenvalue weighted by Crippen LogP contribution is -2.38. The Kier molecular flexibility index (Phi) is 5.75. The highest BCUT2D eigenvalue weighted by molar-refractivity contribution is 5.78. The van der Waals surface area contributed by atoms with Crippen LogP contribution in [-0.2, 0) is 11.2 Å². The second-order valence-electron chi connectivity index (χ2n) is 8.37. The number of nitrogens with one attached hydrogen (secondary N) is 1. The number of amides is 1. The molecule has 3 aromatic heterocycles. The van der Waals surface area contributed by atoms with Crippen molar-refractivity contribution in [2.24, 2.45) is 0 Å². The van der Waals surface area contributed by atoms with Gasteiger partial charge in [-0.15, -0.1) is 0 Å². The van der Waals surface area contributed by atoms with Crippen molar-refractivity contribution in [2.75, 3.05) is 32.1 Å². The predicted octanol–water partition coefficient (Wildman–Crippen LogP) is 2.33. The van der Waals surface area contributed by atoms with Crippen molar-refractivity contribution in [2.45, 2.75) is 45.4 Å². The Morgan fingerprint density at radius 1 is 1.29 bits per heavy atom. The molecule has 1 saturated heterocycles. The van der Waals surface area contributed by atoms with Crippen LogP contribution >= 0.6 is 0 Å². The van der Waals surface area contributed by atoms with E-state index in [-0.39, 0.29) is 17.4 Å². The van der Waals surface area contributed by atoms with Crippen LogP contribution in [0.2, 0.25) is 0 Å². The Hall–Kier alpha value is -3.23. The number of likely N-dealkylation sites (tertiary alicyclic amines) is 1. The molecular formula is C22H28N6O3. The summed E-state index contributed by atoms with van der Waals surface area (Å²) in [6, 6.07) is 1.95. The molecule has 0 radical (unpaired) electrons. The Bertz CT molecular complexity index is 1140. The van der Waals surface area contributed by atoms with Gasteiger partial charge in [0.15, 0.2) is 0 Å². The molecule has 9 heteroatoms. The number of carbonyl (C=O) groups is 1. The highest BCUT2D eigenvalue weighted by Gasteiger charge is 2.25.